The SMILES string of the molecule is COc1ccc(C(C)(C)c2cnc(SCc3c(F)cccc3Cl)n2-c2ccc(F)cc2)cc1Cl. The fraction of sp³-hybridized carbons (Fsp3) is 0.192. The molecule has 1 aromatic heterocycles. The summed E-state index contributed by atoms with van der Waals surface area (Å²) in [6, 6.07) is 16.5. The van der Waals surface area contributed by atoms with E-state index in [2.05, 4.69) is 18.8 Å². The number of imidazole rings is 1. The summed E-state index contributed by atoms with van der Waals surface area (Å²) in [6.07, 6.45) is 1.78. The van der Waals surface area contributed by atoms with Gasteiger partial charge in [-0.05, 0) is 54.1 Å². The van der Waals surface area contributed by atoms with E-state index in [0.29, 0.717) is 26.5 Å². The summed E-state index contributed by atoms with van der Waals surface area (Å²) in [5, 5.41) is 1.50. The molecular weight excluding hydrogens is 497 g/mol. The summed E-state index contributed by atoms with van der Waals surface area (Å²) in [5.41, 5.74) is 2.44. The van der Waals surface area contributed by atoms with Gasteiger partial charge in [-0.15, -0.1) is 0 Å². The first-order valence-electron chi connectivity index (χ1n) is 10.5. The molecule has 0 saturated carbocycles. The van der Waals surface area contributed by atoms with Crippen molar-refractivity contribution in [2.24, 2.45) is 0 Å². The smallest absolute Gasteiger partial charge is 0.173 e. The van der Waals surface area contributed by atoms with Gasteiger partial charge in [0.15, 0.2) is 5.16 Å². The van der Waals surface area contributed by atoms with Crippen LogP contribution in [0, 0.1) is 11.6 Å². The predicted molar refractivity (Wildman–Crippen MR) is 135 cm³/mol. The topological polar surface area (TPSA) is 27.1 Å². The summed E-state index contributed by atoms with van der Waals surface area (Å²) in [6.45, 7) is 4.12. The third-order valence-corrected chi connectivity index (χ3v) is 7.36. The molecule has 8 heteroatoms. The van der Waals surface area contributed by atoms with Gasteiger partial charge in [-0.2, -0.15) is 0 Å². The minimum Gasteiger partial charge on any atom is -0.495 e. The number of hydrogen-bond acceptors (Lipinski definition) is 3. The van der Waals surface area contributed by atoms with E-state index in [-0.39, 0.29) is 17.4 Å². The highest BCUT2D eigenvalue weighted by atomic mass is 35.5. The first kappa shape index (κ1) is 24.6. The molecule has 4 aromatic rings. The summed E-state index contributed by atoms with van der Waals surface area (Å²) >= 11 is 14.0. The van der Waals surface area contributed by atoms with Gasteiger partial charge in [0.25, 0.3) is 0 Å². The van der Waals surface area contributed by atoms with Crippen LogP contribution in [0.5, 0.6) is 5.75 Å². The van der Waals surface area contributed by atoms with E-state index < -0.39 is 5.41 Å². The van der Waals surface area contributed by atoms with E-state index in [4.69, 9.17) is 27.9 Å². The first-order chi connectivity index (χ1) is 16.2. The number of aromatic nitrogens is 2. The highest BCUT2D eigenvalue weighted by Crippen LogP contribution is 2.39. The standard InChI is InChI=1S/C26H22Cl2F2N2OS/c1-26(2,16-7-12-23(33-3)21(28)13-16)24-14-31-25(32(24)18-10-8-17(29)9-11-18)34-15-19-20(27)5-4-6-22(19)30/h4-14H,15H2,1-3H3. The predicted octanol–water partition coefficient (Wildman–Crippen LogP) is 8.08. The van der Waals surface area contributed by atoms with Crippen LogP contribution in [-0.4, -0.2) is 16.7 Å². The molecule has 0 N–H and O–H groups in total. The molecule has 4 rings (SSSR count). The van der Waals surface area contributed by atoms with Crippen LogP contribution in [-0.2, 0) is 11.2 Å². The molecule has 0 spiro atoms. The number of hydrogen-bond donors (Lipinski definition) is 0. The molecule has 0 unspecified atom stereocenters. The molecule has 0 aliphatic heterocycles. The zero-order valence-electron chi connectivity index (χ0n) is 18.8. The molecule has 0 aliphatic carbocycles. The number of halogens is 4. The van der Waals surface area contributed by atoms with Crippen molar-refractivity contribution in [1.82, 2.24) is 9.55 Å². The average molecular weight is 519 g/mol. The molecule has 3 nitrogen and oxygen atoms in total. The Labute approximate surface area is 211 Å². The van der Waals surface area contributed by atoms with E-state index in [1.807, 2.05) is 22.8 Å². The molecule has 0 saturated heterocycles. The third kappa shape index (κ3) is 4.81. The van der Waals surface area contributed by atoms with Gasteiger partial charge in [-0.25, -0.2) is 13.8 Å². The van der Waals surface area contributed by atoms with Crippen molar-refractivity contribution in [1.29, 1.82) is 0 Å². The van der Waals surface area contributed by atoms with Crippen molar-refractivity contribution < 1.29 is 13.5 Å². The van der Waals surface area contributed by atoms with Crippen molar-refractivity contribution in [3.63, 3.8) is 0 Å². The second-order valence-corrected chi connectivity index (χ2v) is 9.96. The lowest BCUT2D eigenvalue weighted by Crippen LogP contribution is -2.23. The molecule has 0 amide bonds. The Kier molecular flexibility index (Phi) is 7.22. The quantitative estimate of drug-likeness (QED) is 0.231. The van der Waals surface area contributed by atoms with E-state index >= 15 is 0 Å². The van der Waals surface area contributed by atoms with E-state index in [9.17, 15) is 8.78 Å². The zero-order valence-corrected chi connectivity index (χ0v) is 21.1. The summed E-state index contributed by atoms with van der Waals surface area (Å²) in [5.74, 6) is 0.177. The van der Waals surface area contributed by atoms with Crippen molar-refractivity contribution in [3.05, 3.63) is 105 Å². The summed E-state index contributed by atoms with van der Waals surface area (Å²) in [4.78, 5) is 4.65. The number of ether oxygens (including phenoxy) is 1. The van der Waals surface area contributed by atoms with Gasteiger partial charge in [-0.3, -0.25) is 4.57 Å². The fourth-order valence-electron chi connectivity index (χ4n) is 3.73. The molecule has 176 valence electrons. The molecule has 0 bridgehead atoms. The van der Waals surface area contributed by atoms with Gasteiger partial charge in [-0.1, -0.05) is 60.9 Å². The van der Waals surface area contributed by atoms with Crippen molar-refractivity contribution >= 4 is 35.0 Å². The molecule has 3 aromatic carbocycles. The van der Waals surface area contributed by atoms with Crippen LogP contribution in [0.2, 0.25) is 10.0 Å². The molecule has 1 heterocycles. The number of rotatable bonds is 7. The highest BCUT2D eigenvalue weighted by molar-refractivity contribution is 7.98. The van der Waals surface area contributed by atoms with Crippen molar-refractivity contribution in [2.45, 2.75) is 30.2 Å². The molecule has 0 aliphatic rings. The summed E-state index contributed by atoms with van der Waals surface area (Å²) in [7, 11) is 1.57. The van der Waals surface area contributed by atoms with Crippen LogP contribution < -0.4 is 4.74 Å². The highest BCUT2D eigenvalue weighted by Gasteiger charge is 2.30. The monoisotopic (exact) mass is 518 g/mol. The zero-order chi connectivity index (χ0) is 24.5. The van der Waals surface area contributed by atoms with E-state index in [1.54, 1.807) is 37.6 Å². The Bertz CT molecular complexity index is 1300. The second-order valence-electron chi connectivity index (χ2n) is 8.20. The maximum atomic E-state index is 14.3. The number of nitrogens with zero attached hydrogens (tertiary/aromatic N) is 2. The lowest BCUT2D eigenvalue weighted by Gasteiger charge is -2.28. The molecule has 0 radical (unpaired) electrons. The van der Waals surface area contributed by atoms with Gasteiger partial charge in [0.1, 0.15) is 17.4 Å². The summed E-state index contributed by atoms with van der Waals surface area (Å²) < 4.78 is 35.3. The van der Waals surface area contributed by atoms with E-state index in [1.165, 1.54) is 30.0 Å². The fourth-order valence-corrected chi connectivity index (χ4v) is 5.32. The Hall–Kier alpha value is -2.54. The molecular formula is C26H22Cl2F2N2OS. The van der Waals surface area contributed by atoms with Crippen LogP contribution in [0.25, 0.3) is 5.69 Å². The van der Waals surface area contributed by atoms with E-state index in [0.717, 1.165) is 16.9 Å². The lowest BCUT2D eigenvalue weighted by atomic mass is 9.81. The van der Waals surface area contributed by atoms with Gasteiger partial charge >= 0.3 is 0 Å². The Balaban J connectivity index is 1.79. The minimum absolute atomic E-state index is 0.290. The average Bonchev–Trinajstić information content (AvgIpc) is 3.24. The van der Waals surface area contributed by atoms with Crippen LogP contribution in [0.15, 0.2) is 72.0 Å². The minimum atomic E-state index is -0.522. The lowest BCUT2D eigenvalue weighted by molar-refractivity contribution is 0.414. The normalized spacial score (nSPS) is 11.6. The van der Waals surface area contributed by atoms with Gasteiger partial charge < -0.3 is 4.74 Å². The molecule has 34 heavy (non-hydrogen) atoms. The number of thioether (sulfide) groups is 1. The Morgan fingerprint density at radius 2 is 1.74 bits per heavy atom. The number of methoxy groups -OCH3 is 1. The van der Waals surface area contributed by atoms with Crippen LogP contribution in [0.3, 0.4) is 0 Å². The number of benzene rings is 3. The second kappa shape index (κ2) is 9.98. The maximum absolute atomic E-state index is 14.3. The molecule has 0 atom stereocenters. The van der Waals surface area contributed by atoms with Gasteiger partial charge in [0, 0.05) is 27.4 Å². The molecule has 0 fully saturated rings. The van der Waals surface area contributed by atoms with Crippen molar-refractivity contribution in [3.8, 4) is 11.4 Å². The Morgan fingerprint density at radius 3 is 2.38 bits per heavy atom. The third-order valence-electron chi connectivity index (χ3n) is 5.74. The van der Waals surface area contributed by atoms with Crippen LogP contribution >= 0.6 is 35.0 Å². The van der Waals surface area contributed by atoms with Gasteiger partial charge in [0.2, 0.25) is 0 Å². The Morgan fingerprint density at radius 1 is 1.00 bits per heavy atom. The van der Waals surface area contributed by atoms with Crippen molar-refractivity contribution in [2.75, 3.05) is 7.11 Å². The largest absolute Gasteiger partial charge is 0.495 e. The maximum Gasteiger partial charge on any atom is 0.173 e. The first-order valence-corrected chi connectivity index (χ1v) is 12.2. The van der Waals surface area contributed by atoms with Gasteiger partial charge in [0.05, 0.1) is 24.0 Å². The van der Waals surface area contributed by atoms with Crippen LogP contribution in [0.4, 0.5) is 8.78 Å². The van der Waals surface area contributed by atoms with Crippen LogP contribution in [0.1, 0.15) is 30.7 Å².